The first-order chi connectivity index (χ1) is 16.9. The lowest BCUT2D eigenvalue weighted by molar-refractivity contribution is 0.0686. The highest BCUT2D eigenvalue weighted by Crippen LogP contribution is 2.37. The Bertz CT molecular complexity index is 1590. The minimum Gasteiger partial charge on any atom is -0.478 e. The summed E-state index contributed by atoms with van der Waals surface area (Å²) < 4.78 is 0. The highest BCUT2D eigenvalue weighted by Gasteiger charge is 2.15. The third kappa shape index (κ3) is 4.72. The molecule has 0 aromatic carbocycles. The molecule has 0 radical (unpaired) electrons. The van der Waals surface area contributed by atoms with Crippen molar-refractivity contribution in [2.24, 2.45) is 0 Å². The largest absolute Gasteiger partial charge is 0.478 e. The van der Waals surface area contributed by atoms with E-state index >= 15 is 0 Å². The van der Waals surface area contributed by atoms with Gasteiger partial charge in [0.15, 0.2) is 0 Å². The second-order valence-electron chi connectivity index (χ2n) is 7.71. The van der Waals surface area contributed by atoms with Crippen molar-refractivity contribution >= 4 is 34.6 Å². The Labute approximate surface area is 208 Å². The monoisotopic (exact) mass is 499 g/mol. The maximum Gasteiger partial charge on any atom is 0.335 e. The number of pyridine rings is 3. The number of nitrogens with zero attached hydrogens (tertiary/aromatic N) is 3. The number of hydrogen-bond acceptors (Lipinski definition) is 7. The van der Waals surface area contributed by atoms with E-state index in [1.165, 1.54) is 45.1 Å². The minimum atomic E-state index is -1.13. The number of aromatic nitrogens is 3. The van der Waals surface area contributed by atoms with Gasteiger partial charge in [0.2, 0.25) is 0 Å². The average molecular weight is 500 g/mol. The van der Waals surface area contributed by atoms with Crippen LogP contribution in [0.5, 0.6) is 0 Å². The summed E-state index contributed by atoms with van der Waals surface area (Å²) in [6.07, 6.45) is 3.02. The van der Waals surface area contributed by atoms with Crippen LogP contribution in [0.15, 0.2) is 72.4 Å². The molecular weight excluding hydrogens is 482 g/mol. The lowest BCUT2D eigenvalue weighted by Gasteiger charge is -2.08. The van der Waals surface area contributed by atoms with Crippen LogP contribution in [0.3, 0.4) is 0 Å². The van der Waals surface area contributed by atoms with Crippen LogP contribution in [-0.4, -0.2) is 37.1 Å². The topological polar surface area (TPSA) is 113 Å². The van der Waals surface area contributed by atoms with E-state index in [4.69, 9.17) is 0 Å². The van der Waals surface area contributed by atoms with Crippen LogP contribution < -0.4 is 0 Å². The first-order valence-corrected chi connectivity index (χ1v) is 12.1. The van der Waals surface area contributed by atoms with Gasteiger partial charge in [-0.2, -0.15) is 0 Å². The van der Waals surface area contributed by atoms with Crippen LogP contribution in [0.25, 0.3) is 43.7 Å². The van der Waals surface area contributed by atoms with E-state index in [0.29, 0.717) is 11.4 Å². The summed E-state index contributed by atoms with van der Waals surface area (Å²) in [5.41, 5.74) is 3.37. The fraction of sp³-hybridized carbons (Fsp3) is 0.0385. The molecule has 7 nitrogen and oxygen atoms in total. The van der Waals surface area contributed by atoms with Crippen molar-refractivity contribution in [1.29, 1.82) is 0 Å². The van der Waals surface area contributed by atoms with E-state index in [9.17, 15) is 19.8 Å². The molecule has 0 saturated carbocycles. The lowest BCUT2D eigenvalue weighted by Crippen LogP contribution is -2.02. The fourth-order valence-corrected chi connectivity index (χ4v) is 5.44. The second-order valence-corrected chi connectivity index (χ2v) is 9.91. The van der Waals surface area contributed by atoms with Crippen molar-refractivity contribution in [2.45, 2.75) is 6.92 Å². The van der Waals surface area contributed by atoms with Gasteiger partial charge < -0.3 is 10.2 Å². The Morgan fingerprint density at radius 2 is 1.37 bits per heavy atom. The Morgan fingerprint density at radius 1 is 0.714 bits per heavy atom. The van der Waals surface area contributed by atoms with Gasteiger partial charge in [-0.25, -0.2) is 14.6 Å². The second kappa shape index (κ2) is 9.21. The van der Waals surface area contributed by atoms with Crippen LogP contribution in [0, 0.1) is 6.92 Å². The fourth-order valence-electron chi connectivity index (χ4n) is 3.55. The molecule has 9 heteroatoms. The van der Waals surface area contributed by atoms with E-state index < -0.39 is 11.9 Å². The number of aromatic carboxylic acids is 2. The number of carboxylic acid groups (broad SMARTS) is 2. The summed E-state index contributed by atoms with van der Waals surface area (Å²) >= 11 is 3.41. The van der Waals surface area contributed by atoms with Crippen LogP contribution >= 0.6 is 22.7 Å². The lowest BCUT2D eigenvalue weighted by atomic mass is 10.1. The molecule has 0 atom stereocenters. The molecule has 5 heterocycles. The molecule has 5 rings (SSSR count). The van der Waals surface area contributed by atoms with Gasteiger partial charge in [-0.3, -0.25) is 9.97 Å². The zero-order chi connectivity index (χ0) is 24.5. The third-order valence-electron chi connectivity index (χ3n) is 5.28. The molecule has 35 heavy (non-hydrogen) atoms. The van der Waals surface area contributed by atoms with Crippen molar-refractivity contribution in [1.82, 2.24) is 15.0 Å². The maximum absolute atomic E-state index is 11.8. The summed E-state index contributed by atoms with van der Waals surface area (Å²) in [6.45, 7) is 2.08. The molecule has 0 fully saturated rings. The number of carbonyl (C=O) groups is 2. The Hall–Kier alpha value is -4.21. The van der Waals surface area contributed by atoms with Gasteiger partial charge >= 0.3 is 11.9 Å². The standard InChI is InChI=1S/C26H17N3O4S2/c1-14-2-3-23(35-14)24-12-18(13-34-24)15-4-6-27-19(8-15)21-10-17(26(32)33)11-22(29-21)20-9-16(25(30)31)5-7-28-20/h2-13H,1H3,(H,30,31)(H,32,33). The third-order valence-corrected chi connectivity index (χ3v) is 7.41. The van der Waals surface area contributed by atoms with Gasteiger partial charge in [0.25, 0.3) is 0 Å². The molecule has 5 aromatic rings. The Kier molecular flexibility index (Phi) is 5.94. The summed E-state index contributed by atoms with van der Waals surface area (Å²) in [6, 6.07) is 15.7. The van der Waals surface area contributed by atoms with E-state index in [2.05, 4.69) is 45.5 Å². The molecule has 0 spiro atoms. The van der Waals surface area contributed by atoms with Crippen molar-refractivity contribution in [3.8, 4) is 43.7 Å². The van der Waals surface area contributed by atoms with Gasteiger partial charge in [0.1, 0.15) is 0 Å². The molecule has 0 aliphatic rings. The molecule has 0 bridgehead atoms. The predicted molar refractivity (Wildman–Crippen MR) is 136 cm³/mol. The summed E-state index contributed by atoms with van der Waals surface area (Å²) in [4.78, 5) is 40.0. The first-order valence-electron chi connectivity index (χ1n) is 10.4. The number of thiophene rings is 2. The number of aryl methyl sites for hydroxylation is 1. The first kappa shape index (κ1) is 22.6. The predicted octanol–water partition coefficient (Wildman–Crippen LogP) is 6.37. The molecule has 0 saturated heterocycles. The highest BCUT2D eigenvalue weighted by molar-refractivity contribution is 7.21. The highest BCUT2D eigenvalue weighted by atomic mass is 32.1. The van der Waals surface area contributed by atoms with Crippen LogP contribution in [-0.2, 0) is 0 Å². The molecule has 172 valence electrons. The molecule has 5 aromatic heterocycles. The summed E-state index contributed by atoms with van der Waals surface area (Å²) in [5.74, 6) is -2.24. The van der Waals surface area contributed by atoms with Gasteiger partial charge in [0, 0.05) is 27.0 Å². The van der Waals surface area contributed by atoms with Crippen LogP contribution in [0.2, 0.25) is 0 Å². The summed E-state index contributed by atoms with van der Waals surface area (Å²) in [5, 5.41) is 21.0. The van der Waals surface area contributed by atoms with Gasteiger partial charge in [-0.05, 0) is 78.0 Å². The van der Waals surface area contributed by atoms with E-state index in [1.54, 1.807) is 28.9 Å². The summed E-state index contributed by atoms with van der Waals surface area (Å²) in [7, 11) is 0. The molecular formula is C26H17N3O4S2. The molecule has 2 N–H and O–H groups in total. The van der Waals surface area contributed by atoms with E-state index in [-0.39, 0.29) is 22.5 Å². The van der Waals surface area contributed by atoms with Gasteiger partial charge in [0.05, 0.1) is 33.9 Å². The number of hydrogen-bond donors (Lipinski definition) is 2. The van der Waals surface area contributed by atoms with Crippen molar-refractivity contribution in [3.05, 3.63) is 88.4 Å². The van der Waals surface area contributed by atoms with Crippen LogP contribution in [0.1, 0.15) is 25.6 Å². The quantitative estimate of drug-likeness (QED) is 0.279. The number of rotatable bonds is 6. The van der Waals surface area contributed by atoms with Crippen molar-refractivity contribution < 1.29 is 19.8 Å². The molecule has 0 unspecified atom stereocenters. The maximum atomic E-state index is 11.8. The number of carboxylic acids is 2. The SMILES string of the molecule is Cc1ccc(-c2cc(-c3ccnc(-c4cc(C(=O)O)cc(-c5cc(C(=O)O)ccn5)n4)c3)cs2)s1. The Morgan fingerprint density at radius 3 is 2.03 bits per heavy atom. The average Bonchev–Trinajstić information content (AvgIpc) is 3.53. The smallest absolute Gasteiger partial charge is 0.335 e. The van der Waals surface area contributed by atoms with E-state index in [0.717, 1.165) is 11.1 Å². The molecule has 0 aliphatic heterocycles. The van der Waals surface area contributed by atoms with Crippen LogP contribution in [0.4, 0.5) is 0 Å². The minimum absolute atomic E-state index is 0.00520. The zero-order valence-electron chi connectivity index (χ0n) is 18.3. The zero-order valence-corrected chi connectivity index (χ0v) is 19.9. The Balaban J connectivity index is 1.56. The molecule has 0 amide bonds. The van der Waals surface area contributed by atoms with Gasteiger partial charge in [-0.15, -0.1) is 22.7 Å². The van der Waals surface area contributed by atoms with Crippen molar-refractivity contribution in [3.63, 3.8) is 0 Å². The normalized spacial score (nSPS) is 10.9. The van der Waals surface area contributed by atoms with Gasteiger partial charge in [-0.1, -0.05) is 0 Å². The van der Waals surface area contributed by atoms with Crippen molar-refractivity contribution in [2.75, 3.05) is 0 Å². The van der Waals surface area contributed by atoms with E-state index in [1.807, 2.05) is 12.1 Å². The molecule has 0 aliphatic carbocycles.